The minimum atomic E-state index is -1.06. The number of carboxylic acid groups (broad SMARTS) is 1. The van der Waals surface area contributed by atoms with Crippen LogP contribution < -0.4 is 16.2 Å². The molecule has 6 heteroatoms. The minimum absolute atomic E-state index is 0.108. The lowest BCUT2D eigenvalue weighted by atomic mass is 9.98. The lowest BCUT2D eigenvalue weighted by Crippen LogP contribution is -2.08. The molecule has 6 nitrogen and oxygen atoms in total. The third-order valence-corrected chi connectivity index (χ3v) is 3.83. The summed E-state index contributed by atoms with van der Waals surface area (Å²) in [6.07, 6.45) is 0. The summed E-state index contributed by atoms with van der Waals surface area (Å²) in [6, 6.07) is 17.6. The molecule has 5 N–H and O–H groups in total. The predicted molar refractivity (Wildman–Crippen MR) is 99.1 cm³/mol. The van der Waals surface area contributed by atoms with Gasteiger partial charge in [0.2, 0.25) is 0 Å². The van der Waals surface area contributed by atoms with Crippen molar-refractivity contribution in [1.29, 1.82) is 0 Å². The van der Waals surface area contributed by atoms with E-state index in [9.17, 15) is 14.7 Å². The average Bonchev–Trinajstić information content (AvgIpc) is 2.63. The standard InChI is InChI=1S/C20H16N2O4/c21-14-8-4-13(5-9-14)20(25)26-15-10-6-12(7-11-15)18-16(19(23)24)2-1-3-17(18)22/h1-11H,21-22H2,(H,23,24). The van der Waals surface area contributed by atoms with Crippen molar-refractivity contribution in [2.24, 2.45) is 0 Å². The molecule has 0 aromatic heterocycles. The van der Waals surface area contributed by atoms with Gasteiger partial charge in [-0.3, -0.25) is 0 Å². The predicted octanol–water partition coefficient (Wildman–Crippen LogP) is 3.44. The van der Waals surface area contributed by atoms with Gasteiger partial charge in [-0.15, -0.1) is 0 Å². The van der Waals surface area contributed by atoms with Crippen molar-refractivity contribution in [3.05, 3.63) is 77.9 Å². The van der Waals surface area contributed by atoms with E-state index in [2.05, 4.69) is 0 Å². The zero-order valence-corrected chi connectivity index (χ0v) is 13.7. The van der Waals surface area contributed by atoms with Gasteiger partial charge < -0.3 is 21.3 Å². The van der Waals surface area contributed by atoms with Gasteiger partial charge in [0.05, 0.1) is 11.1 Å². The van der Waals surface area contributed by atoms with Gasteiger partial charge in [0.1, 0.15) is 5.75 Å². The monoisotopic (exact) mass is 348 g/mol. The van der Waals surface area contributed by atoms with Crippen molar-refractivity contribution in [1.82, 2.24) is 0 Å². The van der Waals surface area contributed by atoms with Gasteiger partial charge in [-0.2, -0.15) is 0 Å². The molecule has 0 heterocycles. The molecule has 3 rings (SSSR count). The van der Waals surface area contributed by atoms with Gasteiger partial charge in [0.15, 0.2) is 0 Å². The number of carbonyl (C=O) groups excluding carboxylic acids is 1. The molecule has 130 valence electrons. The number of esters is 1. The molecule has 26 heavy (non-hydrogen) atoms. The summed E-state index contributed by atoms with van der Waals surface area (Å²) in [4.78, 5) is 23.5. The normalized spacial score (nSPS) is 10.3. The summed E-state index contributed by atoms with van der Waals surface area (Å²) in [5.41, 5.74) is 14.0. The van der Waals surface area contributed by atoms with Crippen LogP contribution in [0.15, 0.2) is 66.7 Å². The number of hydrogen-bond acceptors (Lipinski definition) is 5. The minimum Gasteiger partial charge on any atom is -0.478 e. The summed E-state index contributed by atoms with van der Waals surface area (Å²) in [6.45, 7) is 0. The second kappa shape index (κ2) is 6.98. The van der Waals surface area contributed by atoms with Gasteiger partial charge in [-0.05, 0) is 54.1 Å². The second-order valence-corrected chi connectivity index (χ2v) is 5.61. The van der Waals surface area contributed by atoms with E-state index in [1.54, 1.807) is 60.7 Å². The van der Waals surface area contributed by atoms with Gasteiger partial charge in [0, 0.05) is 16.9 Å². The molecular weight excluding hydrogens is 332 g/mol. The van der Waals surface area contributed by atoms with Gasteiger partial charge in [-0.1, -0.05) is 18.2 Å². The number of hydrogen-bond donors (Lipinski definition) is 3. The summed E-state index contributed by atoms with van der Waals surface area (Å²) >= 11 is 0. The van der Waals surface area contributed by atoms with Crippen molar-refractivity contribution in [3.63, 3.8) is 0 Å². The number of anilines is 2. The van der Waals surface area contributed by atoms with Crippen LogP contribution in [0.25, 0.3) is 11.1 Å². The molecule has 0 fully saturated rings. The second-order valence-electron chi connectivity index (χ2n) is 5.61. The lowest BCUT2D eigenvalue weighted by molar-refractivity contribution is 0.0695. The molecule has 0 amide bonds. The number of carbonyl (C=O) groups is 2. The Morgan fingerprint density at radius 2 is 1.50 bits per heavy atom. The Balaban J connectivity index is 1.85. The quantitative estimate of drug-likeness (QED) is 0.378. The first-order valence-electron chi connectivity index (χ1n) is 7.75. The van der Waals surface area contributed by atoms with E-state index in [0.717, 1.165) is 0 Å². The highest BCUT2D eigenvalue weighted by Gasteiger charge is 2.15. The maximum Gasteiger partial charge on any atom is 0.343 e. The fourth-order valence-corrected chi connectivity index (χ4v) is 2.55. The molecule has 0 radical (unpaired) electrons. The Bertz CT molecular complexity index is 964. The number of carboxylic acids is 1. The van der Waals surface area contributed by atoms with Gasteiger partial charge >= 0.3 is 11.9 Å². The number of rotatable bonds is 4. The first-order valence-corrected chi connectivity index (χ1v) is 7.75. The Kier molecular flexibility index (Phi) is 4.57. The summed E-state index contributed by atoms with van der Waals surface area (Å²) in [5.74, 6) is -1.24. The van der Waals surface area contributed by atoms with E-state index >= 15 is 0 Å². The third kappa shape index (κ3) is 3.49. The maximum atomic E-state index is 12.1. The van der Waals surface area contributed by atoms with E-state index in [1.165, 1.54) is 6.07 Å². The van der Waals surface area contributed by atoms with Crippen LogP contribution in [-0.4, -0.2) is 17.0 Å². The van der Waals surface area contributed by atoms with Crippen LogP contribution in [0.3, 0.4) is 0 Å². The molecule has 3 aromatic carbocycles. The third-order valence-electron chi connectivity index (χ3n) is 3.83. The van der Waals surface area contributed by atoms with Crippen LogP contribution in [0.4, 0.5) is 11.4 Å². The Labute approximate surface area is 149 Å². The summed E-state index contributed by atoms with van der Waals surface area (Å²) in [5, 5.41) is 9.34. The highest BCUT2D eigenvalue weighted by Crippen LogP contribution is 2.31. The molecule has 0 spiro atoms. The molecule has 0 aliphatic heterocycles. The number of nitrogen functional groups attached to an aromatic ring is 2. The largest absolute Gasteiger partial charge is 0.478 e. The number of nitrogens with two attached hydrogens (primary N) is 2. The number of aromatic carboxylic acids is 1. The molecule has 0 saturated carbocycles. The summed E-state index contributed by atoms with van der Waals surface area (Å²) < 4.78 is 5.31. The molecule has 0 unspecified atom stereocenters. The smallest absolute Gasteiger partial charge is 0.343 e. The topological polar surface area (TPSA) is 116 Å². The Hall–Kier alpha value is -3.80. The zero-order valence-electron chi connectivity index (χ0n) is 13.7. The molecular formula is C20H16N2O4. The zero-order chi connectivity index (χ0) is 18.7. The van der Waals surface area contributed by atoms with Crippen molar-refractivity contribution in [2.45, 2.75) is 0 Å². The van der Waals surface area contributed by atoms with E-state index in [4.69, 9.17) is 16.2 Å². The molecule has 0 atom stereocenters. The van der Waals surface area contributed by atoms with Crippen LogP contribution in [-0.2, 0) is 0 Å². The van der Waals surface area contributed by atoms with Gasteiger partial charge in [0.25, 0.3) is 0 Å². The first-order chi connectivity index (χ1) is 12.5. The lowest BCUT2D eigenvalue weighted by Gasteiger charge is -2.11. The number of benzene rings is 3. The van der Waals surface area contributed by atoms with Crippen molar-refractivity contribution < 1.29 is 19.4 Å². The van der Waals surface area contributed by atoms with Crippen molar-refractivity contribution in [2.75, 3.05) is 11.5 Å². The summed E-state index contributed by atoms with van der Waals surface area (Å²) in [7, 11) is 0. The maximum absolute atomic E-state index is 12.1. The average molecular weight is 348 g/mol. The van der Waals surface area contributed by atoms with Crippen LogP contribution in [0.2, 0.25) is 0 Å². The Morgan fingerprint density at radius 3 is 2.12 bits per heavy atom. The van der Waals surface area contributed by atoms with Gasteiger partial charge in [-0.25, -0.2) is 9.59 Å². The highest BCUT2D eigenvalue weighted by molar-refractivity contribution is 5.99. The van der Waals surface area contributed by atoms with E-state index < -0.39 is 11.9 Å². The van der Waals surface area contributed by atoms with E-state index in [0.29, 0.717) is 33.8 Å². The van der Waals surface area contributed by atoms with E-state index in [-0.39, 0.29) is 5.56 Å². The first kappa shape index (κ1) is 17.0. The van der Waals surface area contributed by atoms with E-state index in [1.807, 2.05) is 0 Å². The molecule has 0 bridgehead atoms. The molecule has 3 aromatic rings. The van der Waals surface area contributed by atoms with Crippen molar-refractivity contribution >= 4 is 23.3 Å². The van der Waals surface area contributed by atoms with Crippen LogP contribution >= 0.6 is 0 Å². The fourth-order valence-electron chi connectivity index (χ4n) is 2.55. The number of ether oxygens (including phenoxy) is 1. The highest BCUT2D eigenvalue weighted by atomic mass is 16.5. The fraction of sp³-hybridized carbons (Fsp3) is 0. The molecule has 0 saturated heterocycles. The van der Waals surface area contributed by atoms with Crippen LogP contribution in [0.5, 0.6) is 5.75 Å². The van der Waals surface area contributed by atoms with Crippen LogP contribution in [0.1, 0.15) is 20.7 Å². The molecule has 0 aliphatic carbocycles. The SMILES string of the molecule is Nc1ccc(C(=O)Oc2ccc(-c3c(N)cccc3C(=O)O)cc2)cc1. The van der Waals surface area contributed by atoms with Crippen molar-refractivity contribution in [3.8, 4) is 16.9 Å². The van der Waals surface area contributed by atoms with Crippen LogP contribution in [0, 0.1) is 0 Å². The molecule has 0 aliphatic rings. The Morgan fingerprint density at radius 1 is 0.846 bits per heavy atom.